The van der Waals surface area contributed by atoms with Crippen molar-refractivity contribution in [3.8, 4) is 0 Å². The van der Waals surface area contributed by atoms with Gasteiger partial charge < -0.3 is 10.2 Å². The van der Waals surface area contributed by atoms with Gasteiger partial charge in [-0.1, -0.05) is 64.4 Å². The molecule has 1 unspecified atom stereocenters. The quantitative estimate of drug-likeness (QED) is 0.300. The molecule has 0 aromatic carbocycles. The van der Waals surface area contributed by atoms with Gasteiger partial charge in [-0.15, -0.1) is 0 Å². The Balaban J connectivity index is 3.08. The fourth-order valence-corrected chi connectivity index (χ4v) is 1.92. The number of unbranched alkanes of at least 4 members (excludes halogenated alkanes) is 3. The van der Waals surface area contributed by atoms with E-state index in [1.165, 1.54) is 23.7 Å². The number of hydrogen-bond donors (Lipinski definition) is 2. The van der Waals surface area contributed by atoms with Crippen LogP contribution in [0.1, 0.15) is 32.1 Å². The number of rotatable bonds is 7. The van der Waals surface area contributed by atoms with Crippen molar-refractivity contribution in [2.75, 3.05) is 4.43 Å². The summed E-state index contributed by atoms with van der Waals surface area (Å²) in [5.41, 5.74) is 0. The summed E-state index contributed by atoms with van der Waals surface area (Å²) in [4.78, 5) is 0. The second kappa shape index (κ2) is 8.96. The Hall–Kier alpha value is 1.38. The van der Waals surface area contributed by atoms with Crippen molar-refractivity contribution in [2.24, 2.45) is 0 Å². The number of aliphatic hydroxyl groups excluding tert-OH is 1. The van der Waals surface area contributed by atoms with Crippen LogP contribution in [0.3, 0.4) is 0 Å². The molecule has 0 amide bonds. The second-order valence-electron chi connectivity index (χ2n) is 2.82. The van der Waals surface area contributed by atoms with Crippen molar-refractivity contribution in [3.63, 3.8) is 0 Å². The van der Waals surface area contributed by atoms with E-state index in [1.807, 2.05) is 0 Å². The molecule has 2 N–H and O–H groups in total. The zero-order valence-corrected chi connectivity index (χ0v) is 11.4. The third kappa shape index (κ3) is 8.00. The van der Waals surface area contributed by atoms with Crippen molar-refractivity contribution in [3.05, 3.63) is 0 Å². The SMILES string of the molecule is OC(O)C(I)CCCCCCI. The Morgan fingerprint density at radius 1 is 1.00 bits per heavy atom. The van der Waals surface area contributed by atoms with Crippen molar-refractivity contribution >= 4 is 45.2 Å². The van der Waals surface area contributed by atoms with E-state index in [9.17, 15) is 0 Å². The Morgan fingerprint density at radius 2 is 1.58 bits per heavy atom. The van der Waals surface area contributed by atoms with Crippen LogP contribution in [0.4, 0.5) is 0 Å². The molecular formula is C8H16I2O2. The predicted octanol–water partition coefficient (Wildman–Crippen LogP) is 2.49. The van der Waals surface area contributed by atoms with Gasteiger partial charge in [0.1, 0.15) is 0 Å². The molecule has 0 saturated heterocycles. The first kappa shape index (κ1) is 13.4. The van der Waals surface area contributed by atoms with Crippen molar-refractivity contribution in [1.29, 1.82) is 0 Å². The molecule has 0 radical (unpaired) electrons. The monoisotopic (exact) mass is 398 g/mol. The van der Waals surface area contributed by atoms with Gasteiger partial charge in [0.2, 0.25) is 0 Å². The predicted molar refractivity (Wildman–Crippen MR) is 68.0 cm³/mol. The molecule has 0 spiro atoms. The molecule has 74 valence electrons. The van der Waals surface area contributed by atoms with Gasteiger partial charge in [0.25, 0.3) is 0 Å². The second-order valence-corrected chi connectivity index (χ2v) is 5.50. The smallest absolute Gasteiger partial charge is 0.163 e. The fourth-order valence-electron chi connectivity index (χ4n) is 0.936. The molecule has 0 aromatic heterocycles. The molecule has 0 aromatic rings. The molecule has 0 rings (SSSR count). The Morgan fingerprint density at radius 3 is 2.08 bits per heavy atom. The summed E-state index contributed by atoms with van der Waals surface area (Å²) in [7, 11) is 0. The first-order valence-electron chi connectivity index (χ1n) is 4.24. The molecule has 0 aliphatic heterocycles. The molecule has 4 heteroatoms. The maximum absolute atomic E-state index is 8.77. The summed E-state index contributed by atoms with van der Waals surface area (Å²) < 4.78 is 1.23. The third-order valence-electron chi connectivity index (χ3n) is 1.69. The normalized spacial score (nSPS) is 13.8. The zero-order chi connectivity index (χ0) is 9.40. The Labute approximate surface area is 101 Å². The van der Waals surface area contributed by atoms with E-state index in [0.29, 0.717) is 0 Å². The lowest BCUT2D eigenvalue weighted by molar-refractivity contribution is -0.0379. The van der Waals surface area contributed by atoms with Crippen molar-refractivity contribution in [2.45, 2.75) is 42.3 Å². The van der Waals surface area contributed by atoms with Crippen LogP contribution in [0.5, 0.6) is 0 Å². The maximum atomic E-state index is 8.77. The number of halogens is 2. The standard InChI is InChI=1S/C8H16I2O2/c9-6-4-2-1-3-5-7(10)8(11)12/h7-8,11-12H,1-6H2. The van der Waals surface area contributed by atoms with Crippen LogP contribution in [0, 0.1) is 0 Å². The van der Waals surface area contributed by atoms with E-state index in [0.717, 1.165) is 12.8 Å². The average molecular weight is 398 g/mol. The summed E-state index contributed by atoms with van der Waals surface area (Å²) in [5, 5.41) is 17.5. The molecular weight excluding hydrogens is 382 g/mol. The summed E-state index contributed by atoms with van der Waals surface area (Å²) >= 11 is 4.47. The first-order chi connectivity index (χ1) is 5.68. The van der Waals surface area contributed by atoms with Crippen molar-refractivity contribution in [1.82, 2.24) is 0 Å². The van der Waals surface area contributed by atoms with E-state index in [1.54, 1.807) is 0 Å². The van der Waals surface area contributed by atoms with Crippen LogP contribution < -0.4 is 0 Å². The zero-order valence-electron chi connectivity index (χ0n) is 7.05. The largest absolute Gasteiger partial charge is 0.367 e. The topological polar surface area (TPSA) is 40.5 Å². The van der Waals surface area contributed by atoms with Gasteiger partial charge in [-0.3, -0.25) is 0 Å². The van der Waals surface area contributed by atoms with E-state index < -0.39 is 6.29 Å². The van der Waals surface area contributed by atoms with Crippen LogP contribution in [0.2, 0.25) is 0 Å². The minimum Gasteiger partial charge on any atom is -0.367 e. The van der Waals surface area contributed by atoms with E-state index in [2.05, 4.69) is 45.2 Å². The molecule has 0 fully saturated rings. The molecule has 2 nitrogen and oxygen atoms in total. The van der Waals surface area contributed by atoms with Gasteiger partial charge in [0.05, 0.1) is 3.92 Å². The van der Waals surface area contributed by atoms with Crippen LogP contribution in [-0.4, -0.2) is 24.9 Å². The average Bonchev–Trinajstić information content (AvgIpc) is 2.03. The molecule has 0 bridgehead atoms. The van der Waals surface area contributed by atoms with Gasteiger partial charge in [0, 0.05) is 0 Å². The molecule has 0 saturated carbocycles. The summed E-state index contributed by atoms with van der Waals surface area (Å²) in [5.74, 6) is 0. The Kier molecular flexibility index (Phi) is 9.99. The third-order valence-corrected chi connectivity index (χ3v) is 3.72. The highest BCUT2D eigenvalue weighted by molar-refractivity contribution is 14.1. The lowest BCUT2D eigenvalue weighted by atomic mass is 10.1. The van der Waals surface area contributed by atoms with Gasteiger partial charge in [0.15, 0.2) is 6.29 Å². The number of aliphatic hydroxyl groups is 2. The molecule has 0 aliphatic rings. The van der Waals surface area contributed by atoms with Gasteiger partial charge >= 0.3 is 0 Å². The van der Waals surface area contributed by atoms with Crippen LogP contribution in [-0.2, 0) is 0 Å². The van der Waals surface area contributed by atoms with Gasteiger partial charge in [-0.2, -0.15) is 0 Å². The fraction of sp³-hybridized carbons (Fsp3) is 1.00. The summed E-state index contributed by atoms with van der Waals surface area (Å²) in [6.45, 7) is 0. The summed E-state index contributed by atoms with van der Waals surface area (Å²) in [6, 6.07) is 0. The molecule has 0 heterocycles. The molecule has 12 heavy (non-hydrogen) atoms. The number of alkyl halides is 2. The molecule has 0 aliphatic carbocycles. The highest BCUT2D eigenvalue weighted by Gasteiger charge is 2.10. The lowest BCUT2D eigenvalue weighted by Gasteiger charge is -2.10. The van der Waals surface area contributed by atoms with E-state index in [-0.39, 0.29) is 3.92 Å². The Bertz CT molecular complexity index is 99.1. The first-order valence-corrected chi connectivity index (χ1v) is 7.01. The number of hydrogen-bond acceptors (Lipinski definition) is 2. The van der Waals surface area contributed by atoms with E-state index >= 15 is 0 Å². The van der Waals surface area contributed by atoms with E-state index in [4.69, 9.17) is 10.2 Å². The highest BCUT2D eigenvalue weighted by Crippen LogP contribution is 2.14. The van der Waals surface area contributed by atoms with Crippen LogP contribution in [0.25, 0.3) is 0 Å². The highest BCUT2D eigenvalue weighted by atomic mass is 127. The maximum Gasteiger partial charge on any atom is 0.163 e. The van der Waals surface area contributed by atoms with Crippen LogP contribution in [0.15, 0.2) is 0 Å². The minimum absolute atomic E-state index is 0.00204. The summed E-state index contributed by atoms with van der Waals surface area (Å²) in [6.07, 6.45) is 4.66. The minimum atomic E-state index is -1.14. The lowest BCUT2D eigenvalue weighted by Crippen LogP contribution is -2.18. The van der Waals surface area contributed by atoms with Gasteiger partial charge in [-0.25, -0.2) is 0 Å². The van der Waals surface area contributed by atoms with Gasteiger partial charge in [-0.05, 0) is 17.3 Å². The van der Waals surface area contributed by atoms with Crippen LogP contribution >= 0.6 is 45.2 Å². The van der Waals surface area contributed by atoms with Crippen molar-refractivity contribution < 1.29 is 10.2 Å². The molecule has 1 atom stereocenters.